The maximum atomic E-state index is 11.7. The molecule has 0 N–H and O–H groups in total. The van der Waals surface area contributed by atoms with E-state index in [0.717, 1.165) is 33.0 Å². The number of rotatable bonds is 1. The Bertz CT molecular complexity index is 558. The molecule has 2 heterocycles. The first-order chi connectivity index (χ1) is 7.75. The van der Waals surface area contributed by atoms with E-state index < -0.39 is 0 Å². The summed E-state index contributed by atoms with van der Waals surface area (Å²) in [7, 11) is 0. The zero-order valence-corrected chi connectivity index (χ0v) is 10.8. The molecule has 0 atom stereocenters. The molecule has 2 aromatic rings. The second-order valence-electron chi connectivity index (χ2n) is 3.77. The topological polar surface area (TPSA) is 34.9 Å². The van der Waals surface area contributed by atoms with E-state index in [4.69, 9.17) is 0 Å². The Morgan fingerprint density at radius 1 is 1.44 bits per heavy atom. The van der Waals surface area contributed by atoms with Crippen molar-refractivity contribution in [2.75, 3.05) is 0 Å². The summed E-state index contributed by atoms with van der Waals surface area (Å²) in [6.07, 6.45) is 6.32. The van der Waals surface area contributed by atoms with E-state index in [0.29, 0.717) is 6.42 Å². The van der Waals surface area contributed by atoms with Crippen LogP contribution in [0.25, 0.3) is 5.13 Å². The lowest BCUT2D eigenvalue weighted by atomic mass is 9.97. The number of thiazole rings is 1. The van der Waals surface area contributed by atoms with Gasteiger partial charge in [-0.3, -0.25) is 9.36 Å². The van der Waals surface area contributed by atoms with Gasteiger partial charge in [0.2, 0.25) is 0 Å². The second kappa shape index (κ2) is 3.82. The van der Waals surface area contributed by atoms with Gasteiger partial charge in [-0.2, -0.15) is 0 Å². The van der Waals surface area contributed by atoms with Crippen molar-refractivity contribution >= 4 is 33.0 Å². The van der Waals surface area contributed by atoms with Crippen molar-refractivity contribution in [3.05, 3.63) is 33.5 Å². The van der Waals surface area contributed by atoms with Gasteiger partial charge in [-0.15, -0.1) is 0 Å². The molecule has 0 aliphatic heterocycles. The van der Waals surface area contributed by atoms with E-state index in [9.17, 15) is 4.79 Å². The molecule has 82 valence electrons. The van der Waals surface area contributed by atoms with Gasteiger partial charge in [-0.1, -0.05) is 11.3 Å². The number of ketones is 1. The zero-order valence-electron chi connectivity index (χ0n) is 8.44. The average molecular weight is 297 g/mol. The number of aromatic nitrogens is 2. The number of carbonyl (C=O) groups excluding carboxylic acids is 1. The maximum absolute atomic E-state index is 11.7. The number of hydrogen-bond acceptors (Lipinski definition) is 3. The molecule has 16 heavy (non-hydrogen) atoms. The van der Waals surface area contributed by atoms with E-state index in [-0.39, 0.29) is 5.78 Å². The van der Waals surface area contributed by atoms with E-state index >= 15 is 0 Å². The summed E-state index contributed by atoms with van der Waals surface area (Å²) >= 11 is 4.98. The Kier molecular flexibility index (Phi) is 2.44. The van der Waals surface area contributed by atoms with Gasteiger partial charge < -0.3 is 0 Å². The van der Waals surface area contributed by atoms with Crippen LogP contribution in [0, 0.1) is 0 Å². The lowest BCUT2D eigenvalue weighted by Crippen LogP contribution is -2.12. The summed E-state index contributed by atoms with van der Waals surface area (Å²) < 4.78 is 3.04. The van der Waals surface area contributed by atoms with Crippen molar-refractivity contribution in [2.45, 2.75) is 19.3 Å². The molecule has 0 saturated carbocycles. The highest BCUT2D eigenvalue weighted by molar-refractivity contribution is 9.11. The molecule has 3 nitrogen and oxygen atoms in total. The standard InChI is InChI=1S/C11H9BrN2OS/c12-10-6-13-11(16-10)14-5-4-7-8(14)2-1-3-9(7)15/h4-6H,1-3H2. The highest BCUT2D eigenvalue weighted by atomic mass is 79.9. The summed E-state index contributed by atoms with van der Waals surface area (Å²) in [4.78, 5) is 16.0. The molecule has 3 rings (SSSR count). The second-order valence-corrected chi connectivity index (χ2v) is 6.16. The van der Waals surface area contributed by atoms with Crippen molar-refractivity contribution in [3.8, 4) is 5.13 Å². The van der Waals surface area contributed by atoms with Crippen LogP contribution >= 0.6 is 27.3 Å². The number of halogens is 1. The van der Waals surface area contributed by atoms with Gasteiger partial charge in [0.05, 0.1) is 9.98 Å². The quantitative estimate of drug-likeness (QED) is 0.810. The summed E-state index contributed by atoms with van der Waals surface area (Å²) in [5, 5.41) is 0.919. The van der Waals surface area contributed by atoms with Gasteiger partial charge in [0, 0.05) is 23.9 Å². The fourth-order valence-electron chi connectivity index (χ4n) is 2.06. The van der Waals surface area contributed by atoms with Crippen LogP contribution in [-0.4, -0.2) is 15.3 Å². The third-order valence-corrected chi connectivity index (χ3v) is 4.26. The average Bonchev–Trinajstić information content (AvgIpc) is 2.84. The van der Waals surface area contributed by atoms with Crippen molar-refractivity contribution in [2.24, 2.45) is 0 Å². The first-order valence-electron chi connectivity index (χ1n) is 5.11. The lowest BCUT2D eigenvalue weighted by Gasteiger charge is -2.12. The Balaban J connectivity index is 2.12. The van der Waals surface area contributed by atoms with Gasteiger partial charge >= 0.3 is 0 Å². The number of hydrogen-bond donors (Lipinski definition) is 0. The summed E-state index contributed by atoms with van der Waals surface area (Å²) in [5.41, 5.74) is 1.98. The van der Waals surface area contributed by atoms with Crippen LogP contribution in [-0.2, 0) is 6.42 Å². The largest absolute Gasteiger partial charge is 0.296 e. The molecular formula is C11H9BrN2OS. The molecular weight excluding hydrogens is 288 g/mol. The normalized spacial score (nSPS) is 15.2. The SMILES string of the molecule is O=C1CCCc2c1ccn2-c1ncc(Br)s1. The van der Waals surface area contributed by atoms with Gasteiger partial charge in [0.25, 0.3) is 0 Å². The maximum Gasteiger partial charge on any atom is 0.194 e. The van der Waals surface area contributed by atoms with Crippen LogP contribution in [0.4, 0.5) is 0 Å². The molecule has 0 unspecified atom stereocenters. The van der Waals surface area contributed by atoms with Crippen LogP contribution in [0.5, 0.6) is 0 Å². The highest BCUT2D eigenvalue weighted by Crippen LogP contribution is 2.28. The molecule has 0 aromatic carbocycles. The monoisotopic (exact) mass is 296 g/mol. The third kappa shape index (κ3) is 1.55. The minimum Gasteiger partial charge on any atom is -0.296 e. The minimum absolute atomic E-state index is 0.260. The Labute approximate surface area is 105 Å². The third-order valence-electron chi connectivity index (χ3n) is 2.78. The van der Waals surface area contributed by atoms with Gasteiger partial charge in [-0.05, 0) is 34.8 Å². The first-order valence-corrected chi connectivity index (χ1v) is 6.72. The first kappa shape index (κ1) is 10.2. The van der Waals surface area contributed by atoms with Crippen molar-refractivity contribution in [1.29, 1.82) is 0 Å². The number of fused-ring (bicyclic) bond motifs is 1. The fourth-order valence-corrected chi connectivity index (χ4v) is 3.25. The molecule has 1 aliphatic rings. The molecule has 0 radical (unpaired) electrons. The van der Waals surface area contributed by atoms with E-state index in [1.54, 1.807) is 17.5 Å². The lowest BCUT2D eigenvalue weighted by molar-refractivity contribution is 0.0972. The Morgan fingerprint density at radius 3 is 3.06 bits per heavy atom. The Hall–Kier alpha value is -0.940. The molecule has 1 aliphatic carbocycles. The van der Waals surface area contributed by atoms with E-state index in [1.165, 1.54) is 0 Å². The zero-order chi connectivity index (χ0) is 11.1. The summed E-state index contributed by atoms with van der Waals surface area (Å²) in [6.45, 7) is 0. The van der Waals surface area contributed by atoms with Crippen molar-refractivity contribution < 1.29 is 4.79 Å². The van der Waals surface area contributed by atoms with Crippen LogP contribution in [0.1, 0.15) is 28.9 Å². The smallest absolute Gasteiger partial charge is 0.194 e. The minimum atomic E-state index is 0.260. The molecule has 0 amide bonds. The predicted octanol–water partition coefficient (Wildman–Crippen LogP) is 3.22. The highest BCUT2D eigenvalue weighted by Gasteiger charge is 2.21. The van der Waals surface area contributed by atoms with Crippen LogP contribution in [0.2, 0.25) is 0 Å². The van der Waals surface area contributed by atoms with Crippen molar-refractivity contribution in [3.63, 3.8) is 0 Å². The molecule has 0 fully saturated rings. The Morgan fingerprint density at radius 2 is 2.31 bits per heavy atom. The molecule has 0 saturated heterocycles. The summed E-state index contributed by atoms with van der Waals surface area (Å²) in [6, 6.07) is 1.91. The van der Waals surface area contributed by atoms with Crippen LogP contribution in [0.15, 0.2) is 22.2 Å². The van der Waals surface area contributed by atoms with E-state index in [2.05, 4.69) is 20.9 Å². The summed E-state index contributed by atoms with van der Waals surface area (Å²) in [5.74, 6) is 0.260. The van der Waals surface area contributed by atoms with Crippen LogP contribution < -0.4 is 0 Å². The van der Waals surface area contributed by atoms with Crippen molar-refractivity contribution in [1.82, 2.24) is 9.55 Å². The van der Waals surface area contributed by atoms with Gasteiger partial charge in [0.15, 0.2) is 10.9 Å². The number of carbonyl (C=O) groups is 1. The molecule has 0 spiro atoms. The number of nitrogens with zero attached hydrogens (tertiary/aromatic N) is 2. The van der Waals surface area contributed by atoms with E-state index in [1.807, 2.05) is 16.8 Å². The predicted molar refractivity (Wildman–Crippen MR) is 66.4 cm³/mol. The molecule has 5 heteroatoms. The molecule has 0 bridgehead atoms. The number of Topliss-reactive ketones (excluding diaryl/α,β-unsaturated/α-hetero) is 1. The van der Waals surface area contributed by atoms with Crippen LogP contribution in [0.3, 0.4) is 0 Å². The fraction of sp³-hybridized carbons (Fsp3) is 0.273. The molecule has 2 aromatic heterocycles. The van der Waals surface area contributed by atoms with Gasteiger partial charge in [-0.25, -0.2) is 4.98 Å². The van der Waals surface area contributed by atoms with Gasteiger partial charge in [0.1, 0.15) is 0 Å².